The van der Waals surface area contributed by atoms with Gasteiger partial charge in [0.15, 0.2) is 0 Å². The molecule has 5 aromatic rings. The largest absolute Gasteiger partial charge is 0.340 e. The van der Waals surface area contributed by atoms with Crippen LogP contribution in [0.4, 0.5) is 4.39 Å². The summed E-state index contributed by atoms with van der Waals surface area (Å²) in [5.74, 6) is -1.98. The van der Waals surface area contributed by atoms with Gasteiger partial charge in [0.2, 0.25) is 0 Å². The van der Waals surface area contributed by atoms with Gasteiger partial charge in [-0.2, -0.15) is 10.1 Å². The first-order valence-corrected chi connectivity index (χ1v) is 13.9. The van der Waals surface area contributed by atoms with Crippen LogP contribution in [0, 0.1) is 24.6 Å². The van der Waals surface area contributed by atoms with E-state index in [4.69, 9.17) is 0 Å². The summed E-state index contributed by atoms with van der Waals surface area (Å²) in [5.41, 5.74) is 8.36. The van der Waals surface area contributed by atoms with Gasteiger partial charge in [0, 0.05) is 40.5 Å². The topological polar surface area (TPSA) is 54.7 Å². The predicted molar refractivity (Wildman–Crippen MR) is 155 cm³/mol. The number of hydrogen-bond acceptors (Lipinski definition) is 3. The van der Waals surface area contributed by atoms with Gasteiger partial charge >= 0.3 is 0 Å². The molecule has 0 radical (unpaired) electrons. The fourth-order valence-corrected chi connectivity index (χ4v) is 7.49. The molecule has 2 bridgehead atoms. The molecule has 4 aliphatic rings. The zero-order valence-corrected chi connectivity index (χ0v) is 22.4. The van der Waals surface area contributed by atoms with Crippen molar-refractivity contribution >= 4 is 28.9 Å². The molecule has 1 aromatic heterocycles. The van der Waals surface area contributed by atoms with E-state index in [9.17, 15) is 14.0 Å². The molecule has 41 heavy (non-hydrogen) atoms. The molecule has 0 N–H and O–H groups in total. The Morgan fingerprint density at radius 3 is 1.80 bits per heavy atom. The number of para-hydroxylation sites is 1. The van der Waals surface area contributed by atoms with Gasteiger partial charge in [-0.05, 0) is 52.9 Å². The van der Waals surface area contributed by atoms with E-state index in [1.165, 1.54) is 12.1 Å². The Kier molecular flexibility index (Phi) is 5.17. The zero-order chi connectivity index (χ0) is 27.8. The Morgan fingerprint density at radius 2 is 1.24 bits per heavy atom. The molecular formula is C35H26FN3O2. The van der Waals surface area contributed by atoms with Crippen LogP contribution in [0.3, 0.4) is 0 Å². The van der Waals surface area contributed by atoms with Crippen molar-refractivity contribution in [3.63, 3.8) is 0 Å². The fourth-order valence-electron chi connectivity index (χ4n) is 7.49. The molecule has 1 fully saturated rings. The minimum Gasteiger partial charge on any atom is -0.340 e. The van der Waals surface area contributed by atoms with Crippen LogP contribution in [-0.2, 0) is 16.1 Å². The summed E-state index contributed by atoms with van der Waals surface area (Å²) in [6.07, 6.45) is 1.66. The van der Waals surface area contributed by atoms with E-state index in [0.717, 1.165) is 55.0 Å². The number of fused-ring (bicyclic) bond motifs is 1. The number of aromatic nitrogens is 1. The first-order chi connectivity index (χ1) is 20.0. The fraction of sp³-hybridized carbons (Fsp3) is 0.171. The van der Waals surface area contributed by atoms with Crippen molar-refractivity contribution in [1.82, 2.24) is 9.58 Å². The highest BCUT2D eigenvalue weighted by molar-refractivity contribution is 6.09. The number of halogens is 1. The van der Waals surface area contributed by atoms with E-state index in [2.05, 4.69) is 33.9 Å². The minimum absolute atomic E-state index is 0.159. The standard InChI is InChI=1S/C35H26FN3O2/c1-20-28(23-8-6-7-13-29(23)38(20)19-21-14-16-22(36)17-15-21)18-37-39-34(40)32-30-24-9-2-3-10-25(24)31(33(32)35(39)41)27-12-5-4-11-26(27)30/h2-18,30-33H,19H2,1H3/b37-18-/t30?,31?,32-,33-/m0/s1. The van der Waals surface area contributed by atoms with Crippen LogP contribution < -0.4 is 0 Å². The Bertz CT molecular complexity index is 1810. The highest BCUT2D eigenvalue weighted by atomic mass is 19.1. The van der Waals surface area contributed by atoms with Crippen LogP contribution in [0.5, 0.6) is 0 Å². The van der Waals surface area contributed by atoms with Crippen LogP contribution in [0.2, 0.25) is 0 Å². The summed E-state index contributed by atoms with van der Waals surface area (Å²) in [5, 5.41) is 6.69. The van der Waals surface area contributed by atoms with Crippen molar-refractivity contribution < 1.29 is 14.0 Å². The molecule has 0 saturated carbocycles. The minimum atomic E-state index is -0.463. The van der Waals surface area contributed by atoms with E-state index < -0.39 is 11.8 Å². The molecule has 9 rings (SSSR count). The lowest BCUT2D eigenvalue weighted by Crippen LogP contribution is -2.41. The van der Waals surface area contributed by atoms with Gasteiger partial charge in [0.1, 0.15) is 5.82 Å². The van der Waals surface area contributed by atoms with E-state index >= 15 is 0 Å². The number of nitrogens with zero attached hydrogens (tertiary/aromatic N) is 3. The van der Waals surface area contributed by atoms with Gasteiger partial charge in [-0.3, -0.25) is 9.59 Å². The van der Waals surface area contributed by atoms with Crippen molar-refractivity contribution in [3.05, 3.63) is 142 Å². The van der Waals surface area contributed by atoms with Gasteiger partial charge in [-0.25, -0.2) is 4.39 Å². The summed E-state index contributed by atoms with van der Waals surface area (Å²) < 4.78 is 15.7. The molecule has 4 aromatic carbocycles. The van der Waals surface area contributed by atoms with Gasteiger partial charge in [0.25, 0.3) is 11.8 Å². The molecule has 1 aliphatic heterocycles. The van der Waals surface area contributed by atoms with Crippen LogP contribution in [0.1, 0.15) is 50.9 Å². The van der Waals surface area contributed by atoms with Crippen molar-refractivity contribution in [1.29, 1.82) is 0 Å². The second kappa shape index (κ2) is 8.83. The van der Waals surface area contributed by atoms with Gasteiger partial charge in [0.05, 0.1) is 18.1 Å². The second-order valence-corrected chi connectivity index (χ2v) is 11.2. The maximum absolute atomic E-state index is 14.0. The predicted octanol–water partition coefficient (Wildman–Crippen LogP) is 6.36. The number of carbonyl (C=O) groups excluding carboxylic acids is 2. The summed E-state index contributed by atoms with van der Waals surface area (Å²) in [6.45, 7) is 2.57. The zero-order valence-electron chi connectivity index (χ0n) is 22.4. The number of hydrogen-bond donors (Lipinski definition) is 0. The normalized spacial score (nSPS) is 22.4. The first kappa shape index (κ1) is 24.0. The SMILES string of the molecule is Cc1c(/C=N\N2C(=O)[C@H]3C4c5ccccc5C(c5ccccc54)[C@@H]3C2=O)c2ccccc2n1Cc1ccc(F)cc1. The number of imide groups is 1. The van der Waals surface area contributed by atoms with E-state index in [1.54, 1.807) is 18.3 Å². The molecule has 200 valence electrons. The Balaban J connectivity index is 1.19. The third-order valence-electron chi connectivity index (χ3n) is 9.26. The average Bonchev–Trinajstić information content (AvgIpc) is 3.42. The third kappa shape index (κ3) is 3.37. The molecule has 2 atom stereocenters. The number of benzene rings is 4. The Hall–Kier alpha value is -4.84. The highest BCUT2D eigenvalue weighted by Gasteiger charge is 2.61. The maximum Gasteiger partial charge on any atom is 0.254 e. The molecule has 0 spiro atoms. The molecule has 2 heterocycles. The van der Waals surface area contributed by atoms with Crippen LogP contribution in [-0.4, -0.2) is 27.6 Å². The summed E-state index contributed by atoms with van der Waals surface area (Å²) in [7, 11) is 0. The molecular weight excluding hydrogens is 513 g/mol. The molecule has 3 aliphatic carbocycles. The smallest absolute Gasteiger partial charge is 0.254 e. The van der Waals surface area contributed by atoms with Gasteiger partial charge in [-0.15, -0.1) is 0 Å². The second-order valence-electron chi connectivity index (χ2n) is 11.2. The monoisotopic (exact) mass is 539 g/mol. The number of carbonyl (C=O) groups is 2. The lowest BCUT2D eigenvalue weighted by Gasteiger charge is -2.45. The van der Waals surface area contributed by atoms with Crippen molar-refractivity contribution in [3.8, 4) is 0 Å². The number of hydrazone groups is 1. The van der Waals surface area contributed by atoms with Crippen LogP contribution >= 0.6 is 0 Å². The summed E-state index contributed by atoms with van der Waals surface area (Å²) >= 11 is 0. The summed E-state index contributed by atoms with van der Waals surface area (Å²) in [6, 6.07) is 30.9. The number of amides is 2. The van der Waals surface area contributed by atoms with Crippen LogP contribution in [0.15, 0.2) is 102 Å². The molecule has 5 nitrogen and oxygen atoms in total. The Labute approximate surface area is 236 Å². The van der Waals surface area contributed by atoms with Crippen molar-refractivity contribution in [2.45, 2.75) is 25.3 Å². The highest BCUT2D eigenvalue weighted by Crippen LogP contribution is 2.61. The molecule has 0 unspecified atom stereocenters. The third-order valence-corrected chi connectivity index (χ3v) is 9.26. The van der Waals surface area contributed by atoms with Crippen molar-refractivity contribution in [2.75, 3.05) is 0 Å². The lowest BCUT2D eigenvalue weighted by atomic mass is 9.55. The van der Waals surface area contributed by atoms with E-state index in [-0.39, 0.29) is 29.5 Å². The van der Waals surface area contributed by atoms with Gasteiger partial charge < -0.3 is 4.57 Å². The lowest BCUT2D eigenvalue weighted by molar-refractivity contribution is -0.139. The van der Waals surface area contributed by atoms with E-state index in [0.29, 0.717) is 6.54 Å². The molecule has 6 heteroatoms. The summed E-state index contributed by atoms with van der Waals surface area (Å²) in [4.78, 5) is 27.9. The van der Waals surface area contributed by atoms with Crippen LogP contribution in [0.25, 0.3) is 10.9 Å². The van der Waals surface area contributed by atoms with Gasteiger partial charge in [-0.1, -0.05) is 78.9 Å². The number of rotatable bonds is 4. The maximum atomic E-state index is 14.0. The average molecular weight is 540 g/mol. The van der Waals surface area contributed by atoms with Crippen molar-refractivity contribution in [2.24, 2.45) is 16.9 Å². The molecule has 2 amide bonds. The Morgan fingerprint density at radius 1 is 0.732 bits per heavy atom. The quantitative estimate of drug-likeness (QED) is 0.197. The first-order valence-electron chi connectivity index (χ1n) is 13.9. The van der Waals surface area contributed by atoms with E-state index in [1.807, 2.05) is 55.5 Å². The molecule has 1 saturated heterocycles.